The number of aryl methyl sites for hydroxylation is 1. The Morgan fingerprint density at radius 3 is 2.33 bits per heavy atom. The first-order valence-corrected chi connectivity index (χ1v) is 6.13. The number of benzene rings is 2. The summed E-state index contributed by atoms with van der Waals surface area (Å²) in [5, 5.41) is 13.9. The Morgan fingerprint density at radius 2 is 1.71 bits per heavy atom. The van der Waals surface area contributed by atoms with E-state index in [2.05, 4.69) is 10.6 Å². The van der Waals surface area contributed by atoms with Gasteiger partial charge in [0.2, 0.25) is 0 Å². The van der Waals surface area contributed by atoms with Crippen LogP contribution in [-0.4, -0.2) is 17.1 Å². The zero-order valence-corrected chi connectivity index (χ0v) is 11.2. The molecule has 0 spiro atoms. The molecule has 0 saturated carbocycles. The molecule has 0 heterocycles. The van der Waals surface area contributed by atoms with Crippen LogP contribution in [0.5, 0.6) is 0 Å². The number of carboxylic acid groups (broad SMARTS) is 1. The lowest BCUT2D eigenvalue weighted by Gasteiger charge is -2.09. The van der Waals surface area contributed by atoms with Crippen LogP contribution in [0.4, 0.5) is 20.6 Å². The summed E-state index contributed by atoms with van der Waals surface area (Å²) in [6.07, 6.45) is 0. The van der Waals surface area contributed by atoms with Crippen LogP contribution in [0.2, 0.25) is 0 Å². The maximum Gasteiger partial charge on any atom is 0.335 e. The van der Waals surface area contributed by atoms with Crippen LogP contribution in [0, 0.1) is 12.7 Å². The summed E-state index contributed by atoms with van der Waals surface area (Å²) in [7, 11) is 0. The summed E-state index contributed by atoms with van der Waals surface area (Å²) in [6, 6.07) is 9.53. The first kappa shape index (κ1) is 14.5. The smallest absolute Gasteiger partial charge is 0.335 e. The Balaban J connectivity index is 2.06. The Labute approximate surface area is 120 Å². The number of carbonyl (C=O) groups excluding carboxylic acids is 1. The molecule has 21 heavy (non-hydrogen) atoms. The lowest BCUT2D eigenvalue weighted by Crippen LogP contribution is -2.19. The van der Waals surface area contributed by atoms with Gasteiger partial charge in [-0.25, -0.2) is 14.0 Å². The lowest BCUT2D eigenvalue weighted by molar-refractivity contribution is 0.0697. The molecule has 2 rings (SSSR count). The molecule has 0 bridgehead atoms. The summed E-state index contributed by atoms with van der Waals surface area (Å²) < 4.78 is 13.1. The van der Waals surface area contributed by atoms with Crippen LogP contribution >= 0.6 is 0 Å². The predicted molar refractivity (Wildman–Crippen MR) is 77.2 cm³/mol. The van der Waals surface area contributed by atoms with Crippen molar-refractivity contribution in [2.45, 2.75) is 6.92 Å². The third-order valence-electron chi connectivity index (χ3n) is 2.78. The van der Waals surface area contributed by atoms with Crippen LogP contribution in [0.15, 0.2) is 42.5 Å². The molecule has 0 fully saturated rings. The van der Waals surface area contributed by atoms with Crippen molar-refractivity contribution in [3.8, 4) is 0 Å². The molecule has 0 saturated heterocycles. The molecule has 0 aliphatic carbocycles. The number of halogens is 1. The second-order valence-corrected chi connectivity index (χ2v) is 4.43. The summed E-state index contributed by atoms with van der Waals surface area (Å²) >= 11 is 0. The first-order chi connectivity index (χ1) is 9.95. The van der Waals surface area contributed by atoms with E-state index in [1.807, 2.05) is 0 Å². The minimum atomic E-state index is -1.08. The molecule has 0 unspecified atom stereocenters. The molecule has 0 aliphatic heterocycles. The molecule has 0 radical (unpaired) electrons. The maximum atomic E-state index is 13.1. The van der Waals surface area contributed by atoms with E-state index in [1.54, 1.807) is 13.0 Å². The van der Waals surface area contributed by atoms with Crippen molar-refractivity contribution >= 4 is 23.4 Å². The van der Waals surface area contributed by atoms with Crippen molar-refractivity contribution in [2.75, 3.05) is 10.6 Å². The highest BCUT2D eigenvalue weighted by Crippen LogP contribution is 2.15. The van der Waals surface area contributed by atoms with Crippen LogP contribution in [0.1, 0.15) is 15.9 Å². The molecular weight excluding hydrogens is 275 g/mol. The van der Waals surface area contributed by atoms with Crippen molar-refractivity contribution in [1.29, 1.82) is 0 Å². The normalized spacial score (nSPS) is 10.0. The number of amides is 2. The molecule has 2 aromatic rings. The van der Waals surface area contributed by atoms with E-state index in [0.717, 1.165) is 0 Å². The third kappa shape index (κ3) is 3.79. The summed E-state index contributed by atoms with van der Waals surface area (Å²) in [5.41, 5.74) is 1.29. The van der Waals surface area contributed by atoms with Gasteiger partial charge in [0.1, 0.15) is 5.82 Å². The van der Waals surface area contributed by atoms with Gasteiger partial charge < -0.3 is 15.7 Å². The van der Waals surface area contributed by atoms with Crippen LogP contribution < -0.4 is 10.6 Å². The Kier molecular flexibility index (Phi) is 4.18. The van der Waals surface area contributed by atoms with Crippen molar-refractivity contribution in [3.05, 3.63) is 59.4 Å². The first-order valence-electron chi connectivity index (χ1n) is 6.13. The van der Waals surface area contributed by atoms with Crippen LogP contribution in [-0.2, 0) is 0 Å². The highest BCUT2D eigenvalue weighted by atomic mass is 19.1. The van der Waals surface area contributed by atoms with Crippen LogP contribution in [0.25, 0.3) is 0 Å². The Morgan fingerprint density at radius 1 is 1.05 bits per heavy atom. The topological polar surface area (TPSA) is 78.4 Å². The van der Waals surface area contributed by atoms with E-state index in [0.29, 0.717) is 16.9 Å². The number of carboxylic acids is 1. The van der Waals surface area contributed by atoms with Gasteiger partial charge in [-0.2, -0.15) is 0 Å². The lowest BCUT2D eigenvalue weighted by atomic mass is 10.2. The zero-order chi connectivity index (χ0) is 15.4. The molecule has 2 amide bonds. The van der Waals surface area contributed by atoms with E-state index in [9.17, 15) is 14.0 Å². The fraction of sp³-hybridized carbons (Fsp3) is 0.0667. The van der Waals surface area contributed by atoms with E-state index < -0.39 is 12.0 Å². The number of anilines is 2. The molecule has 2 aromatic carbocycles. The van der Waals surface area contributed by atoms with Crippen molar-refractivity contribution in [2.24, 2.45) is 0 Å². The molecule has 0 aliphatic rings. The number of hydrogen-bond donors (Lipinski definition) is 3. The monoisotopic (exact) mass is 288 g/mol. The Hall–Kier alpha value is -2.89. The van der Waals surface area contributed by atoms with Gasteiger partial charge in [-0.3, -0.25) is 0 Å². The number of nitrogens with one attached hydrogen (secondary N) is 2. The largest absolute Gasteiger partial charge is 0.478 e. The number of carbonyl (C=O) groups is 2. The van der Waals surface area contributed by atoms with Gasteiger partial charge in [-0.1, -0.05) is 6.07 Å². The van der Waals surface area contributed by atoms with Gasteiger partial charge in [-0.05, 0) is 48.9 Å². The fourth-order valence-corrected chi connectivity index (χ4v) is 1.75. The van der Waals surface area contributed by atoms with Gasteiger partial charge in [0.05, 0.1) is 5.56 Å². The molecule has 5 nitrogen and oxygen atoms in total. The molecule has 3 N–H and O–H groups in total. The quantitative estimate of drug-likeness (QED) is 0.809. The highest BCUT2D eigenvalue weighted by Gasteiger charge is 2.07. The number of aromatic carboxylic acids is 1. The SMILES string of the molecule is Cc1cc(NC(=O)Nc2cccc(C(=O)O)c2)ccc1F. The summed E-state index contributed by atoms with van der Waals surface area (Å²) in [5.74, 6) is -1.43. The molecule has 0 atom stereocenters. The maximum absolute atomic E-state index is 13.1. The molecule has 108 valence electrons. The third-order valence-corrected chi connectivity index (χ3v) is 2.78. The van der Waals surface area contributed by atoms with Gasteiger partial charge in [0.25, 0.3) is 0 Å². The van der Waals surface area contributed by atoms with Crippen molar-refractivity contribution in [1.82, 2.24) is 0 Å². The van der Waals surface area contributed by atoms with Gasteiger partial charge in [0, 0.05) is 11.4 Å². The average Bonchev–Trinajstić information content (AvgIpc) is 2.43. The Bertz CT molecular complexity index is 701. The zero-order valence-electron chi connectivity index (χ0n) is 11.2. The summed E-state index contributed by atoms with van der Waals surface area (Å²) in [4.78, 5) is 22.6. The average molecular weight is 288 g/mol. The van der Waals surface area contributed by atoms with Gasteiger partial charge in [0.15, 0.2) is 0 Å². The number of hydrogen-bond acceptors (Lipinski definition) is 2. The summed E-state index contributed by atoms with van der Waals surface area (Å²) in [6.45, 7) is 1.59. The second kappa shape index (κ2) is 6.04. The van der Waals surface area contributed by atoms with Crippen molar-refractivity contribution in [3.63, 3.8) is 0 Å². The van der Waals surface area contributed by atoms with E-state index in [4.69, 9.17) is 5.11 Å². The predicted octanol–water partition coefficient (Wildman–Crippen LogP) is 3.48. The van der Waals surface area contributed by atoms with Gasteiger partial charge in [-0.15, -0.1) is 0 Å². The number of urea groups is 1. The number of rotatable bonds is 3. The van der Waals surface area contributed by atoms with Crippen molar-refractivity contribution < 1.29 is 19.1 Å². The van der Waals surface area contributed by atoms with E-state index in [-0.39, 0.29) is 11.4 Å². The minimum absolute atomic E-state index is 0.0745. The molecular formula is C15H13FN2O3. The second-order valence-electron chi connectivity index (χ2n) is 4.43. The standard InChI is InChI=1S/C15H13FN2O3/c1-9-7-12(5-6-13(9)16)18-15(21)17-11-4-2-3-10(8-11)14(19)20/h2-8H,1H3,(H,19,20)(H2,17,18,21). The van der Waals surface area contributed by atoms with Crippen LogP contribution in [0.3, 0.4) is 0 Å². The minimum Gasteiger partial charge on any atom is -0.478 e. The van der Waals surface area contributed by atoms with Gasteiger partial charge >= 0.3 is 12.0 Å². The van der Waals surface area contributed by atoms with E-state index >= 15 is 0 Å². The molecule has 0 aromatic heterocycles. The molecule has 6 heteroatoms. The van der Waals surface area contributed by atoms with E-state index in [1.165, 1.54) is 36.4 Å². The fourth-order valence-electron chi connectivity index (χ4n) is 1.75. The highest BCUT2D eigenvalue weighted by molar-refractivity contribution is 6.00.